The molecule has 1 aliphatic rings. The van der Waals surface area contributed by atoms with Gasteiger partial charge in [-0.15, -0.1) is 0 Å². The zero-order valence-corrected chi connectivity index (χ0v) is 16.0. The Hall–Kier alpha value is -1.67. The van der Waals surface area contributed by atoms with Gasteiger partial charge in [-0.05, 0) is 24.7 Å². The van der Waals surface area contributed by atoms with Crippen molar-refractivity contribution >= 4 is 17.7 Å². The van der Waals surface area contributed by atoms with Gasteiger partial charge in [0.15, 0.2) is 0 Å². The highest BCUT2D eigenvalue weighted by molar-refractivity contribution is 5.92. The molecule has 1 fully saturated rings. The Bertz CT molecular complexity index is 477. The average molecular weight is 371 g/mol. The summed E-state index contributed by atoms with van der Waals surface area (Å²) in [5.41, 5.74) is 1.38. The molecule has 8 heteroatoms. The Kier molecular flexibility index (Phi) is 9.58. The van der Waals surface area contributed by atoms with E-state index in [1.807, 2.05) is 13.8 Å². The van der Waals surface area contributed by atoms with E-state index < -0.39 is 29.9 Å². The molecule has 0 aromatic heterocycles. The van der Waals surface area contributed by atoms with Crippen molar-refractivity contribution in [3.63, 3.8) is 0 Å². The van der Waals surface area contributed by atoms with Crippen molar-refractivity contribution in [1.29, 1.82) is 0 Å². The number of amides is 3. The van der Waals surface area contributed by atoms with Crippen LogP contribution >= 0.6 is 0 Å². The fraction of sp³-hybridized carbons (Fsp3) is 0.833. The topological polar surface area (TPSA) is 128 Å². The van der Waals surface area contributed by atoms with Crippen molar-refractivity contribution in [1.82, 2.24) is 16.1 Å². The molecule has 0 aliphatic heterocycles. The highest BCUT2D eigenvalue weighted by Gasteiger charge is 2.35. The van der Waals surface area contributed by atoms with E-state index in [1.54, 1.807) is 0 Å². The second kappa shape index (κ2) is 11.1. The molecule has 3 amide bonds. The van der Waals surface area contributed by atoms with E-state index in [2.05, 4.69) is 10.6 Å². The van der Waals surface area contributed by atoms with Gasteiger partial charge in [-0.25, -0.2) is 5.48 Å². The minimum absolute atomic E-state index is 0.0451. The zero-order valence-electron chi connectivity index (χ0n) is 16.0. The lowest BCUT2D eigenvalue weighted by Crippen LogP contribution is -2.52. The van der Waals surface area contributed by atoms with Crippen LogP contribution in [0.4, 0.5) is 0 Å². The molecule has 0 radical (unpaired) electrons. The Labute approximate surface area is 155 Å². The number of aliphatic hydroxyl groups is 1. The largest absolute Gasteiger partial charge is 0.382 e. The molecule has 3 atom stereocenters. The van der Waals surface area contributed by atoms with Gasteiger partial charge in [-0.1, -0.05) is 46.0 Å². The van der Waals surface area contributed by atoms with Crippen LogP contribution < -0.4 is 16.1 Å². The maximum absolute atomic E-state index is 12.7. The number of hydroxylamine groups is 1. The highest BCUT2D eigenvalue weighted by Crippen LogP contribution is 2.27. The molecule has 0 spiro atoms. The third-order valence-corrected chi connectivity index (χ3v) is 5.00. The fourth-order valence-electron chi connectivity index (χ4n) is 3.58. The van der Waals surface area contributed by atoms with Crippen LogP contribution in [-0.2, 0) is 14.4 Å². The lowest BCUT2D eigenvalue weighted by atomic mass is 9.84. The molecular formula is C18H33N3O5. The molecule has 0 saturated heterocycles. The van der Waals surface area contributed by atoms with Gasteiger partial charge < -0.3 is 15.7 Å². The lowest BCUT2D eigenvalue weighted by molar-refractivity contribution is -0.147. The van der Waals surface area contributed by atoms with E-state index in [0.717, 1.165) is 25.7 Å². The smallest absolute Gasteiger partial charge is 0.272 e. The summed E-state index contributed by atoms with van der Waals surface area (Å²) in [5.74, 6) is -2.49. The predicted molar refractivity (Wildman–Crippen MR) is 96.1 cm³/mol. The number of carbonyl (C=O) groups excluding carboxylic acids is 3. The Balaban J connectivity index is 2.84. The number of likely N-dealkylation sites (N-methyl/N-ethyl adjacent to an activating group) is 1. The van der Waals surface area contributed by atoms with Crippen molar-refractivity contribution in [3.05, 3.63) is 0 Å². The molecule has 1 saturated carbocycles. The maximum Gasteiger partial charge on any atom is 0.272 e. The van der Waals surface area contributed by atoms with Crippen LogP contribution in [-0.4, -0.2) is 47.2 Å². The SMILES string of the molecule is CNC(=O)C(CC1CCCCC1)NC(=O)[C@H](CC(C)C)C(O)C(=O)NO. The number of carbonyl (C=O) groups is 3. The number of hydrogen-bond donors (Lipinski definition) is 5. The molecule has 0 heterocycles. The summed E-state index contributed by atoms with van der Waals surface area (Å²) in [4.78, 5) is 36.5. The first-order valence-corrected chi connectivity index (χ1v) is 9.44. The first-order chi connectivity index (χ1) is 12.3. The molecule has 26 heavy (non-hydrogen) atoms. The Morgan fingerprint density at radius 1 is 1.04 bits per heavy atom. The molecule has 2 unspecified atom stereocenters. The summed E-state index contributed by atoms with van der Waals surface area (Å²) in [6.07, 6.45) is 4.65. The lowest BCUT2D eigenvalue weighted by Gasteiger charge is -2.28. The molecule has 5 N–H and O–H groups in total. The molecule has 150 valence electrons. The van der Waals surface area contributed by atoms with Crippen LogP contribution in [0.2, 0.25) is 0 Å². The first-order valence-electron chi connectivity index (χ1n) is 9.44. The van der Waals surface area contributed by atoms with Crippen LogP contribution in [0.1, 0.15) is 58.8 Å². The fourth-order valence-corrected chi connectivity index (χ4v) is 3.58. The molecule has 1 aliphatic carbocycles. The third-order valence-electron chi connectivity index (χ3n) is 5.00. The first kappa shape index (κ1) is 22.4. The Morgan fingerprint density at radius 2 is 1.65 bits per heavy atom. The molecular weight excluding hydrogens is 338 g/mol. The van der Waals surface area contributed by atoms with Gasteiger partial charge in [-0.3, -0.25) is 19.6 Å². The Morgan fingerprint density at radius 3 is 2.15 bits per heavy atom. The van der Waals surface area contributed by atoms with Crippen molar-refractivity contribution in [2.45, 2.75) is 70.9 Å². The minimum atomic E-state index is -1.68. The van der Waals surface area contributed by atoms with Gasteiger partial charge in [-0.2, -0.15) is 0 Å². The van der Waals surface area contributed by atoms with Gasteiger partial charge in [0.05, 0.1) is 5.92 Å². The van der Waals surface area contributed by atoms with Crippen LogP contribution in [0, 0.1) is 17.8 Å². The number of hydrogen-bond acceptors (Lipinski definition) is 5. The zero-order chi connectivity index (χ0) is 19.7. The van der Waals surface area contributed by atoms with Gasteiger partial charge in [0.2, 0.25) is 11.8 Å². The van der Waals surface area contributed by atoms with E-state index >= 15 is 0 Å². The monoisotopic (exact) mass is 371 g/mol. The van der Waals surface area contributed by atoms with Crippen molar-refractivity contribution in [3.8, 4) is 0 Å². The second-order valence-electron chi connectivity index (χ2n) is 7.57. The molecule has 0 bridgehead atoms. The van der Waals surface area contributed by atoms with Crippen molar-refractivity contribution in [2.24, 2.45) is 17.8 Å². The van der Waals surface area contributed by atoms with Gasteiger partial charge in [0.1, 0.15) is 12.1 Å². The van der Waals surface area contributed by atoms with Crippen molar-refractivity contribution < 1.29 is 24.7 Å². The quantitative estimate of drug-likeness (QED) is 0.301. The van der Waals surface area contributed by atoms with E-state index in [-0.39, 0.29) is 18.2 Å². The van der Waals surface area contributed by atoms with E-state index in [9.17, 15) is 19.5 Å². The van der Waals surface area contributed by atoms with E-state index in [4.69, 9.17) is 5.21 Å². The number of nitrogens with one attached hydrogen (secondary N) is 3. The number of rotatable bonds is 9. The molecule has 1 rings (SSSR count). The van der Waals surface area contributed by atoms with Crippen LogP contribution in [0.25, 0.3) is 0 Å². The molecule has 0 aromatic carbocycles. The average Bonchev–Trinajstić information content (AvgIpc) is 2.64. The summed E-state index contributed by atoms with van der Waals surface area (Å²) < 4.78 is 0. The highest BCUT2D eigenvalue weighted by atomic mass is 16.5. The summed E-state index contributed by atoms with van der Waals surface area (Å²) in [6, 6.07) is -0.699. The maximum atomic E-state index is 12.7. The van der Waals surface area contributed by atoms with Crippen molar-refractivity contribution in [2.75, 3.05) is 7.05 Å². The molecule has 8 nitrogen and oxygen atoms in total. The van der Waals surface area contributed by atoms with Crippen LogP contribution in [0.15, 0.2) is 0 Å². The summed E-state index contributed by atoms with van der Waals surface area (Å²) in [6.45, 7) is 3.73. The predicted octanol–water partition coefficient (Wildman–Crippen LogP) is 0.716. The minimum Gasteiger partial charge on any atom is -0.382 e. The van der Waals surface area contributed by atoms with Gasteiger partial charge >= 0.3 is 0 Å². The van der Waals surface area contributed by atoms with E-state index in [0.29, 0.717) is 12.3 Å². The van der Waals surface area contributed by atoms with Crippen LogP contribution in [0.5, 0.6) is 0 Å². The third kappa shape index (κ3) is 6.92. The molecule has 0 aromatic rings. The normalized spacial score (nSPS) is 18.7. The van der Waals surface area contributed by atoms with E-state index in [1.165, 1.54) is 18.9 Å². The second-order valence-corrected chi connectivity index (χ2v) is 7.57. The summed E-state index contributed by atoms with van der Waals surface area (Å²) in [5, 5.41) is 24.1. The van der Waals surface area contributed by atoms with Gasteiger partial charge in [0, 0.05) is 7.05 Å². The summed E-state index contributed by atoms with van der Waals surface area (Å²) in [7, 11) is 1.52. The van der Waals surface area contributed by atoms with Gasteiger partial charge in [0.25, 0.3) is 5.91 Å². The number of aliphatic hydroxyl groups excluding tert-OH is 1. The summed E-state index contributed by atoms with van der Waals surface area (Å²) >= 11 is 0. The standard InChI is InChI=1S/C18H33N3O5/c1-11(2)9-13(15(22)18(25)21-26)16(23)20-14(17(24)19-3)10-12-7-5-4-6-8-12/h11-15,22,26H,4-10H2,1-3H3,(H,19,24)(H,20,23)(H,21,25)/t13-,14?,15?/m1/s1. The van der Waals surface area contributed by atoms with Crippen LogP contribution in [0.3, 0.4) is 0 Å².